The number of pyridine rings is 1. The molecule has 25 heavy (non-hydrogen) atoms. The van der Waals surface area contributed by atoms with Gasteiger partial charge in [0.2, 0.25) is 0 Å². The molecule has 2 aromatic heterocycles. The number of benzene rings is 1. The van der Waals surface area contributed by atoms with Crippen LogP contribution in [0.2, 0.25) is 5.02 Å². The summed E-state index contributed by atoms with van der Waals surface area (Å²) in [5.74, 6) is 0. The molecule has 1 aliphatic rings. The highest BCUT2D eigenvalue weighted by atomic mass is 35.5. The summed E-state index contributed by atoms with van der Waals surface area (Å²) < 4.78 is 0. The molecule has 128 valence electrons. The third kappa shape index (κ3) is 3.23. The van der Waals surface area contributed by atoms with E-state index >= 15 is 0 Å². The number of anilines is 1. The Hall–Kier alpha value is -2.44. The first kappa shape index (κ1) is 16.1. The van der Waals surface area contributed by atoms with Crippen LogP contribution in [-0.4, -0.2) is 46.3 Å². The van der Waals surface area contributed by atoms with Gasteiger partial charge in [-0.1, -0.05) is 29.8 Å². The molecule has 1 N–H and O–H groups in total. The van der Waals surface area contributed by atoms with Gasteiger partial charge in [0.25, 0.3) is 5.56 Å². The van der Waals surface area contributed by atoms with Crippen molar-refractivity contribution in [2.45, 2.75) is 6.54 Å². The Morgan fingerprint density at radius 3 is 2.76 bits per heavy atom. The van der Waals surface area contributed by atoms with Crippen LogP contribution in [0.25, 0.3) is 10.9 Å². The Bertz CT molecular complexity index is 944. The SMILES string of the molecule is O=c1[nH]ncc(N2CCN(Cc3ccnc4ccccc34)CC2)c1Cl. The average molecular weight is 356 g/mol. The Morgan fingerprint density at radius 1 is 1.12 bits per heavy atom. The van der Waals surface area contributed by atoms with Crippen LogP contribution in [0, 0.1) is 0 Å². The lowest BCUT2D eigenvalue weighted by Crippen LogP contribution is -2.46. The number of hydrogen-bond donors (Lipinski definition) is 1. The van der Waals surface area contributed by atoms with Crippen molar-refractivity contribution in [3.8, 4) is 0 Å². The van der Waals surface area contributed by atoms with Crippen molar-refractivity contribution in [1.29, 1.82) is 0 Å². The van der Waals surface area contributed by atoms with Crippen LogP contribution in [0.5, 0.6) is 0 Å². The van der Waals surface area contributed by atoms with E-state index in [-0.39, 0.29) is 10.6 Å². The van der Waals surface area contributed by atoms with Gasteiger partial charge in [0, 0.05) is 44.3 Å². The molecule has 1 fully saturated rings. The number of halogens is 1. The van der Waals surface area contributed by atoms with Gasteiger partial charge in [0.05, 0.1) is 17.4 Å². The van der Waals surface area contributed by atoms with Crippen molar-refractivity contribution < 1.29 is 0 Å². The van der Waals surface area contributed by atoms with Gasteiger partial charge >= 0.3 is 0 Å². The second kappa shape index (κ2) is 6.82. The standard InChI is InChI=1S/C18H18ClN5O/c19-17-16(11-21-22-18(17)25)24-9-7-23(8-10-24)12-13-5-6-20-15-4-2-1-3-14(13)15/h1-6,11H,7-10,12H2,(H,22,25). The number of nitrogens with one attached hydrogen (secondary N) is 1. The van der Waals surface area contributed by atoms with Gasteiger partial charge in [0.15, 0.2) is 0 Å². The molecule has 0 radical (unpaired) electrons. The molecule has 1 aliphatic heterocycles. The number of hydrogen-bond acceptors (Lipinski definition) is 5. The van der Waals surface area contributed by atoms with Crippen molar-refractivity contribution in [3.63, 3.8) is 0 Å². The summed E-state index contributed by atoms with van der Waals surface area (Å²) in [7, 11) is 0. The maximum Gasteiger partial charge on any atom is 0.285 e. The molecule has 3 aromatic rings. The summed E-state index contributed by atoms with van der Waals surface area (Å²) in [4.78, 5) is 20.6. The van der Waals surface area contributed by atoms with Crippen molar-refractivity contribution in [1.82, 2.24) is 20.1 Å². The normalized spacial score (nSPS) is 15.6. The number of aromatic nitrogens is 3. The second-order valence-electron chi connectivity index (χ2n) is 6.15. The monoisotopic (exact) mass is 355 g/mol. The van der Waals surface area contributed by atoms with E-state index in [0.717, 1.165) is 38.2 Å². The fourth-order valence-electron chi connectivity index (χ4n) is 3.28. The molecule has 0 amide bonds. The summed E-state index contributed by atoms with van der Waals surface area (Å²) in [6.45, 7) is 4.32. The average Bonchev–Trinajstić information content (AvgIpc) is 2.65. The molecule has 0 atom stereocenters. The van der Waals surface area contributed by atoms with E-state index in [1.54, 1.807) is 6.20 Å². The van der Waals surface area contributed by atoms with Gasteiger partial charge in [-0.25, -0.2) is 5.10 Å². The number of para-hydroxylation sites is 1. The quantitative estimate of drug-likeness (QED) is 0.781. The fourth-order valence-corrected chi connectivity index (χ4v) is 3.49. The molecular formula is C18H18ClN5O. The highest BCUT2D eigenvalue weighted by Gasteiger charge is 2.20. The van der Waals surface area contributed by atoms with E-state index in [1.165, 1.54) is 10.9 Å². The van der Waals surface area contributed by atoms with Crippen LogP contribution in [0.15, 0.2) is 47.5 Å². The maximum atomic E-state index is 11.6. The first-order chi connectivity index (χ1) is 12.2. The molecule has 6 nitrogen and oxygen atoms in total. The molecule has 0 unspecified atom stereocenters. The fraction of sp³-hybridized carbons (Fsp3) is 0.278. The maximum absolute atomic E-state index is 11.6. The number of fused-ring (bicyclic) bond motifs is 1. The van der Waals surface area contributed by atoms with Crippen LogP contribution in [-0.2, 0) is 6.54 Å². The highest BCUT2D eigenvalue weighted by Crippen LogP contribution is 2.23. The zero-order chi connectivity index (χ0) is 17.2. The van der Waals surface area contributed by atoms with Crippen molar-refractivity contribution in [3.05, 3.63) is 63.7 Å². The Balaban J connectivity index is 1.47. The number of H-pyrrole nitrogens is 1. The van der Waals surface area contributed by atoms with Gasteiger partial charge in [0.1, 0.15) is 5.02 Å². The third-order valence-corrected chi connectivity index (χ3v) is 4.99. The number of nitrogens with zero attached hydrogens (tertiary/aromatic N) is 4. The van der Waals surface area contributed by atoms with Crippen LogP contribution in [0.3, 0.4) is 0 Å². The number of rotatable bonds is 3. The Labute approximate surface area is 150 Å². The van der Waals surface area contributed by atoms with Crippen LogP contribution >= 0.6 is 11.6 Å². The minimum Gasteiger partial charge on any atom is -0.366 e. The van der Waals surface area contributed by atoms with Gasteiger partial charge in [-0.3, -0.25) is 14.7 Å². The van der Waals surface area contributed by atoms with Crippen LogP contribution in [0.4, 0.5) is 5.69 Å². The topological polar surface area (TPSA) is 65.1 Å². The van der Waals surface area contributed by atoms with Gasteiger partial charge < -0.3 is 4.90 Å². The van der Waals surface area contributed by atoms with Gasteiger partial charge in [-0.15, -0.1) is 0 Å². The highest BCUT2D eigenvalue weighted by molar-refractivity contribution is 6.33. The molecule has 1 aromatic carbocycles. The first-order valence-corrected chi connectivity index (χ1v) is 8.63. The minimum atomic E-state index is -0.343. The molecule has 0 aliphatic carbocycles. The lowest BCUT2D eigenvalue weighted by Gasteiger charge is -2.36. The predicted molar refractivity (Wildman–Crippen MR) is 99.1 cm³/mol. The summed E-state index contributed by atoms with van der Waals surface area (Å²) in [6, 6.07) is 10.3. The summed E-state index contributed by atoms with van der Waals surface area (Å²) in [5.41, 5.74) is 2.68. The third-order valence-electron chi connectivity index (χ3n) is 4.62. The van der Waals surface area contributed by atoms with Gasteiger partial charge in [-0.05, 0) is 17.7 Å². The smallest absolute Gasteiger partial charge is 0.285 e. The van der Waals surface area contributed by atoms with E-state index in [1.807, 2.05) is 24.4 Å². The summed E-state index contributed by atoms with van der Waals surface area (Å²) in [5, 5.41) is 7.63. The van der Waals surface area contributed by atoms with Gasteiger partial charge in [-0.2, -0.15) is 5.10 Å². The molecule has 3 heterocycles. The molecule has 0 spiro atoms. The van der Waals surface area contributed by atoms with E-state index in [4.69, 9.17) is 11.6 Å². The van der Waals surface area contributed by atoms with E-state index in [9.17, 15) is 4.79 Å². The van der Waals surface area contributed by atoms with E-state index in [2.05, 4.69) is 37.1 Å². The lowest BCUT2D eigenvalue weighted by molar-refractivity contribution is 0.250. The molecule has 4 rings (SSSR count). The van der Waals surface area contributed by atoms with Crippen LogP contribution < -0.4 is 10.5 Å². The minimum absolute atomic E-state index is 0.212. The van der Waals surface area contributed by atoms with Crippen molar-refractivity contribution >= 4 is 28.2 Å². The predicted octanol–water partition coefficient (Wildman–Crippen LogP) is 2.29. The lowest BCUT2D eigenvalue weighted by atomic mass is 10.1. The number of aromatic amines is 1. The molecular weight excluding hydrogens is 338 g/mol. The summed E-state index contributed by atoms with van der Waals surface area (Å²) >= 11 is 6.11. The molecule has 0 bridgehead atoms. The Morgan fingerprint density at radius 2 is 1.92 bits per heavy atom. The number of piperazine rings is 1. The first-order valence-electron chi connectivity index (χ1n) is 8.25. The molecule has 1 saturated heterocycles. The van der Waals surface area contributed by atoms with Crippen molar-refractivity contribution in [2.75, 3.05) is 31.1 Å². The van der Waals surface area contributed by atoms with Crippen molar-refractivity contribution in [2.24, 2.45) is 0 Å². The Kier molecular flexibility index (Phi) is 4.38. The molecule has 0 saturated carbocycles. The largest absolute Gasteiger partial charge is 0.366 e. The zero-order valence-corrected chi connectivity index (χ0v) is 14.4. The van der Waals surface area contributed by atoms with E-state index < -0.39 is 0 Å². The van der Waals surface area contributed by atoms with Crippen LogP contribution in [0.1, 0.15) is 5.56 Å². The molecule has 7 heteroatoms. The summed E-state index contributed by atoms with van der Waals surface area (Å²) in [6.07, 6.45) is 3.49. The zero-order valence-electron chi connectivity index (χ0n) is 13.7. The second-order valence-corrected chi connectivity index (χ2v) is 6.53. The van der Waals surface area contributed by atoms with E-state index in [0.29, 0.717) is 5.69 Å².